The number of aromatic nitrogens is 1. The molecule has 3 fully saturated rings. The van der Waals surface area contributed by atoms with Gasteiger partial charge in [-0.25, -0.2) is 9.59 Å². The third-order valence-corrected chi connectivity index (χ3v) is 11.1. The van der Waals surface area contributed by atoms with Gasteiger partial charge in [-0.05, 0) is 97.1 Å². The second-order valence-electron chi connectivity index (χ2n) is 14.1. The van der Waals surface area contributed by atoms with Crippen LogP contribution in [0.4, 0.5) is 10.5 Å². The number of amides is 1. The first kappa shape index (κ1) is 39.7. The number of nitrogens with zero attached hydrogens (tertiary/aromatic N) is 3. The van der Waals surface area contributed by atoms with Gasteiger partial charge >= 0.3 is 12.1 Å². The van der Waals surface area contributed by atoms with E-state index in [1.807, 2.05) is 54.6 Å². The van der Waals surface area contributed by atoms with Crippen molar-refractivity contribution in [1.82, 2.24) is 4.90 Å². The van der Waals surface area contributed by atoms with E-state index in [-0.39, 0.29) is 35.3 Å². The van der Waals surface area contributed by atoms with Gasteiger partial charge in [0.1, 0.15) is 34.6 Å². The SMILES string of the molecule is COc1ccc(C(Cc2c(Cl)c[n+]([O-])cc2Cl)OC(=O)c2ccc(COc3ccc(CN(C(=O)O[C@H]4CN5CCC4CC5)c4ccccc4)cc3)cc2)cc1OC. The molecule has 4 heterocycles. The Hall–Kier alpha value is -5.49. The van der Waals surface area contributed by atoms with Crippen LogP contribution in [0.1, 0.15) is 51.6 Å². The standard InChI is InChI=1S/C44H43Cl2N3O8/c1-53-39-17-14-33(22-41(39)54-2)40(23-36-37(45)25-48(52)26-38(36)46)56-43(50)32-12-8-30(9-13-32)28-55-35-15-10-29(11-16-35)24-49(34-6-4-3-5-7-34)44(51)57-42-27-47-20-18-31(42)19-21-47/h3-17,22,25-26,31,40,42H,18-21,23-24,27-28H2,1-2H3/t40?,42-/m0/s1. The molecule has 8 rings (SSSR count). The Kier molecular flexibility index (Phi) is 12.7. The molecule has 0 aliphatic carbocycles. The van der Waals surface area contributed by atoms with Crippen LogP contribution in [0.3, 0.4) is 0 Å². The van der Waals surface area contributed by atoms with E-state index in [4.69, 9.17) is 46.9 Å². The summed E-state index contributed by atoms with van der Waals surface area (Å²) in [5.41, 5.74) is 3.93. The lowest BCUT2D eigenvalue weighted by molar-refractivity contribution is -0.605. The van der Waals surface area contributed by atoms with Crippen LogP contribution in [0.2, 0.25) is 10.0 Å². The smallest absolute Gasteiger partial charge is 0.414 e. The molecule has 0 N–H and O–H groups in total. The lowest BCUT2D eigenvalue weighted by Gasteiger charge is -2.44. The lowest BCUT2D eigenvalue weighted by Crippen LogP contribution is -2.53. The number of hydrogen-bond acceptors (Lipinski definition) is 9. The molecule has 1 unspecified atom stereocenters. The molecule has 0 radical (unpaired) electrons. The number of halogens is 2. The minimum absolute atomic E-state index is 0.0872. The Balaban J connectivity index is 0.981. The number of rotatable bonds is 14. The predicted molar refractivity (Wildman–Crippen MR) is 216 cm³/mol. The Morgan fingerprint density at radius 2 is 1.53 bits per heavy atom. The molecule has 13 heteroatoms. The van der Waals surface area contributed by atoms with E-state index >= 15 is 0 Å². The van der Waals surface area contributed by atoms with E-state index in [1.54, 1.807) is 47.4 Å². The van der Waals surface area contributed by atoms with Crippen LogP contribution in [0.25, 0.3) is 0 Å². The van der Waals surface area contributed by atoms with E-state index in [0.29, 0.717) is 51.1 Å². The van der Waals surface area contributed by atoms with E-state index in [9.17, 15) is 14.8 Å². The summed E-state index contributed by atoms with van der Waals surface area (Å²) in [5, 5.41) is 12.2. The summed E-state index contributed by atoms with van der Waals surface area (Å²) in [6, 6.07) is 29.3. The molecule has 11 nitrogen and oxygen atoms in total. The predicted octanol–water partition coefficient (Wildman–Crippen LogP) is 8.60. The number of carbonyl (C=O) groups excluding carboxylic acids is 2. The number of anilines is 1. The normalized spacial score (nSPS) is 17.6. The number of ether oxygens (including phenoxy) is 5. The van der Waals surface area contributed by atoms with Crippen molar-refractivity contribution < 1.29 is 38.0 Å². The highest BCUT2D eigenvalue weighted by atomic mass is 35.5. The quantitative estimate of drug-likeness (QED) is 0.0618. The summed E-state index contributed by atoms with van der Waals surface area (Å²) < 4.78 is 29.6. The third-order valence-electron chi connectivity index (χ3n) is 10.5. The average molecular weight is 813 g/mol. The van der Waals surface area contributed by atoms with Crippen molar-refractivity contribution >= 4 is 41.0 Å². The van der Waals surface area contributed by atoms with Crippen LogP contribution in [0.5, 0.6) is 17.2 Å². The number of piperidine rings is 3. The van der Waals surface area contributed by atoms with Gasteiger partial charge in [0.05, 0.1) is 26.3 Å². The van der Waals surface area contributed by atoms with Gasteiger partial charge in [0.15, 0.2) is 23.9 Å². The minimum Gasteiger partial charge on any atom is -0.619 e. The van der Waals surface area contributed by atoms with Crippen molar-refractivity contribution in [3.8, 4) is 17.2 Å². The molecule has 3 aliphatic heterocycles. The molecule has 1 amide bonds. The average Bonchev–Trinajstić information content (AvgIpc) is 3.23. The Morgan fingerprint density at radius 1 is 0.860 bits per heavy atom. The molecule has 296 valence electrons. The van der Waals surface area contributed by atoms with Crippen molar-refractivity contribution in [3.63, 3.8) is 0 Å². The van der Waals surface area contributed by atoms with Crippen molar-refractivity contribution in [1.29, 1.82) is 0 Å². The fourth-order valence-electron chi connectivity index (χ4n) is 7.27. The van der Waals surface area contributed by atoms with E-state index in [1.165, 1.54) is 26.6 Å². The van der Waals surface area contributed by atoms with Gasteiger partial charge in [0.2, 0.25) is 0 Å². The minimum atomic E-state index is -0.837. The molecular weight excluding hydrogens is 769 g/mol. The second-order valence-corrected chi connectivity index (χ2v) is 14.9. The number of fused-ring (bicyclic) bond motifs is 3. The zero-order chi connectivity index (χ0) is 39.9. The molecule has 0 saturated carbocycles. The van der Waals surface area contributed by atoms with Gasteiger partial charge < -0.3 is 28.9 Å². The lowest BCUT2D eigenvalue weighted by atomic mass is 9.86. The van der Waals surface area contributed by atoms with Gasteiger partial charge in [0, 0.05) is 24.2 Å². The van der Waals surface area contributed by atoms with Gasteiger partial charge in [-0.1, -0.05) is 71.7 Å². The molecule has 4 aromatic carbocycles. The first-order chi connectivity index (χ1) is 27.7. The van der Waals surface area contributed by atoms with Crippen LogP contribution in [0.15, 0.2) is 109 Å². The van der Waals surface area contributed by atoms with Crippen LogP contribution in [0, 0.1) is 11.1 Å². The number of carbonyl (C=O) groups is 2. The number of hydrogen-bond donors (Lipinski definition) is 0. The molecule has 3 saturated heterocycles. The fraction of sp³-hybridized carbons (Fsp3) is 0.295. The van der Waals surface area contributed by atoms with Gasteiger partial charge in [-0.15, -0.1) is 0 Å². The van der Waals surface area contributed by atoms with Crippen LogP contribution >= 0.6 is 23.2 Å². The number of pyridine rings is 1. The highest BCUT2D eigenvalue weighted by molar-refractivity contribution is 6.35. The monoisotopic (exact) mass is 811 g/mol. The van der Waals surface area contributed by atoms with Crippen LogP contribution in [-0.4, -0.2) is 56.9 Å². The molecule has 3 aliphatic rings. The van der Waals surface area contributed by atoms with Gasteiger partial charge in [-0.2, -0.15) is 4.73 Å². The largest absolute Gasteiger partial charge is 0.619 e. The molecule has 2 atom stereocenters. The van der Waals surface area contributed by atoms with Crippen LogP contribution in [-0.2, 0) is 29.0 Å². The molecule has 57 heavy (non-hydrogen) atoms. The number of methoxy groups -OCH3 is 2. The summed E-state index contributed by atoms with van der Waals surface area (Å²) in [4.78, 5) is 31.1. The van der Waals surface area contributed by atoms with Crippen molar-refractivity contribution in [2.24, 2.45) is 5.92 Å². The molecule has 1 aromatic heterocycles. The fourth-order valence-corrected chi connectivity index (χ4v) is 7.87. The zero-order valence-corrected chi connectivity index (χ0v) is 33.2. The summed E-state index contributed by atoms with van der Waals surface area (Å²) >= 11 is 12.8. The van der Waals surface area contributed by atoms with Crippen LogP contribution < -0.4 is 23.8 Å². The van der Waals surface area contributed by atoms with E-state index in [0.717, 1.165) is 49.3 Å². The van der Waals surface area contributed by atoms with Gasteiger partial charge in [0.25, 0.3) is 0 Å². The maximum Gasteiger partial charge on any atom is 0.414 e. The number of benzene rings is 4. The first-order valence-corrected chi connectivity index (χ1v) is 19.5. The highest BCUT2D eigenvalue weighted by Crippen LogP contribution is 2.36. The van der Waals surface area contributed by atoms with Crippen molar-refractivity contribution in [3.05, 3.63) is 153 Å². The van der Waals surface area contributed by atoms with E-state index in [2.05, 4.69) is 4.90 Å². The Morgan fingerprint density at radius 3 is 2.16 bits per heavy atom. The topological polar surface area (TPSA) is 114 Å². The summed E-state index contributed by atoms with van der Waals surface area (Å²) in [6.07, 6.45) is 3.36. The molecule has 2 bridgehead atoms. The first-order valence-electron chi connectivity index (χ1n) is 18.7. The summed E-state index contributed by atoms with van der Waals surface area (Å²) in [7, 11) is 3.04. The molecule has 0 spiro atoms. The molecule has 5 aromatic rings. The maximum atomic E-state index is 13.6. The second kappa shape index (κ2) is 18.2. The zero-order valence-electron chi connectivity index (χ0n) is 31.6. The third kappa shape index (κ3) is 9.73. The van der Waals surface area contributed by atoms with Gasteiger partial charge in [-0.3, -0.25) is 9.80 Å². The number of para-hydroxylation sites is 1. The summed E-state index contributed by atoms with van der Waals surface area (Å²) in [6.45, 7) is 3.56. The Bertz CT molecular complexity index is 2140. The van der Waals surface area contributed by atoms with Crippen molar-refractivity contribution in [2.45, 2.75) is 44.6 Å². The van der Waals surface area contributed by atoms with E-state index < -0.39 is 12.1 Å². The molecular formula is C44H43Cl2N3O8. The highest BCUT2D eigenvalue weighted by Gasteiger charge is 2.37. The number of esters is 1. The van der Waals surface area contributed by atoms with Crippen molar-refractivity contribution in [2.75, 3.05) is 38.8 Å². The Labute approximate surface area is 341 Å². The summed E-state index contributed by atoms with van der Waals surface area (Å²) in [5.74, 6) is 1.46. The maximum absolute atomic E-state index is 13.6.